The molecule has 2 fully saturated rings. The van der Waals surface area contributed by atoms with E-state index in [1.165, 1.54) is 18.2 Å². The SMILES string of the molecule is O=C1CC(c2nc3ccccc3n2CCOc2cccc3ccccc23)CN1C1CCCC1. The summed E-state index contributed by atoms with van der Waals surface area (Å²) in [6, 6.07) is 23.2. The molecule has 0 spiro atoms. The quantitative estimate of drug-likeness (QED) is 0.397. The number of hydrogen-bond donors (Lipinski definition) is 0. The molecule has 0 N–H and O–H groups in total. The zero-order valence-electron chi connectivity index (χ0n) is 18.8. The van der Waals surface area contributed by atoms with Crippen molar-refractivity contribution in [2.45, 2.75) is 50.6 Å². The van der Waals surface area contributed by atoms with Gasteiger partial charge in [0, 0.05) is 30.3 Å². The Morgan fingerprint density at radius 2 is 1.73 bits per heavy atom. The molecule has 1 unspecified atom stereocenters. The first-order valence-electron chi connectivity index (χ1n) is 12.1. The number of benzene rings is 3. The first kappa shape index (κ1) is 20.3. The summed E-state index contributed by atoms with van der Waals surface area (Å²) in [6.07, 6.45) is 5.33. The van der Waals surface area contributed by atoms with Crippen LogP contribution >= 0.6 is 0 Å². The molecule has 1 saturated carbocycles. The van der Waals surface area contributed by atoms with E-state index in [1.54, 1.807) is 0 Å². The van der Waals surface area contributed by atoms with Crippen LogP contribution in [0.3, 0.4) is 0 Å². The number of nitrogens with zero attached hydrogens (tertiary/aromatic N) is 3. The maximum absolute atomic E-state index is 12.9. The Balaban J connectivity index is 1.26. The average Bonchev–Trinajstić information content (AvgIpc) is 3.58. The number of hydrogen-bond acceptors (Lipinski definition) is 3. The van der Waals surface area contributed by atoms with Crippen LogP contribution in [-0.4, -0.2) is 39.6 Å². The van der Waals surface area contributed by atoms with Crippen LogP contribution in [0.2, 0.25) is 0 Å². The minimum atomic E-state index is 0.142. The van der Waals surface area contributed by atoms with Crippen molar-refractivity contribution in [2.24, 2.45) is 0 Å². The van der Waals surface area contributed by atoms with E-state index in [0.29, 0.717) is 25.6 Å². The Labute approximate surface area is 194 Å². The molecule has 1 amide bonds. The van der Waals surface area contributed by atoms with Crippen molar-refractivity contribution in [3.8, 4) is 5.75 Å². The van der Waals surface area contributed by atoms with E-state index in [1.807, 2.05) is 30.3 Å². The number of ether oxygens (including phenoxy) is 1. The fourth-order valence-corrected chi connectivity index (χ4v) is 5.68. The molecule has 1 saturated heterocycles. The number of carbonyl (C=O) groups is 1. The first-order valence-corrected chi connectivity index (χ1v) is 12.1. The fraction of sp³-hybridized carbons (Fsp3) is 0.357. The second-order valence-electron chi connectivity index (χ2n) is 9.32. The van der Waals surface area contributed by atoms with Gasteiger partial charge >= 0.3 is 0 Å². The van der Waals surface area contributed by atoms with Crippen LogP contribution in [0.1, 0.15) is 43.8 Å². The number of amides is 1. The first-order chi connectivity index (χ1) is 16.3. The summed E-state index contributed by atoms with van der Waals surface area (Å²) in [5.74, 6) is 2.36. The highest BCUT2D eigenvalue weighted by atomic mass is 16.5. The van der Waals surface area contributed by atoms with Gasteiger partial charge in [-0.2, -0.15) is 0 Å². The summed E-state index contributed by atoms with van der Waals surface area (Å²) in [5.41, 5.74) is 2.10. The zero-order valence-corrected chi connectivity index (χ0v) is 18.8. The Kier molecular flexibility index (Phi) is 5.25. The highest BCUT2D eigenvalue weighted by Gasteiger charge is 2.38. The number of carbonyl (C=O) groups excluding carboxylic acids is 1. The number of likely N-dealkylation sites (tertiary alicyclic amines) is 1. The lowest BCUT2D eigenvalue weighted by molar-refractivity contribution is -0.129. The molecule has 1 aromatic heterocycles. The van der Waals surface area contributed by atoms with Crippen molar-refractivity contribution >= 4 is 27.7 Å². The molecule has 3 aromatic carbocycles. The molecule has 5 nitrogen and oxygen atoms in total. The molecule has 1 aliphatic heterocycles. The van der Waals surface area contributed by atoms with E-state index in [9.17, 15) is 4.79 Å². The third kappa shape index (κ3) is 3.75. The highest BCUT2D eigenvalue weighted by Crippen LogP contribution is 2.35. The van der Waals surface area contributed by atoms with Crippen LogP contribution in [-0.2, 0) is 11.3 Å². The van der Waals surface area contributed by atoms with E-state index < -0.39 is 0 Å². The van der Waals surface area contributed by atoms with Gasteiger partial charge in [0.2, 0.25) is 5.91 Å². The maximum atomic E-state index is 12.9. The van der Waals surface area contributed by atoms with Gasteiger partial charge in [-0.25, -0.2) is 4.98 Å². The van der Waals surface area contributed by atoms with Gasteiger partial charge in [0.15, 0.2) is 0 Å². The topological polar surface area (TPSA) is 47.4 Å². The maximum Gasteiger partial charge on any atom is 0.223 e. The van der Waals surface area contributed by atoms with Gasteiger partial charge < -0.3 is 14.2 Å². The minimum absolute atomic E-state index is 0.142. The van der Waals surface area contributed by atoms with E-state index in [2.05, 4.69) is 45.9 Å². The van der Waals surface area contributed by atoms with Crippen LogP contribution < -0.4 is 4.74 Å². The summed E-state index contributed by atoms with van der Waals surface area (Å²) in [4.78, 5) is 20.0. The predicted octanol–water partition coefficient (Wildman–Crippen LogP) is 5.53. The third-order valence-electron chi connectivity index (χ3n) is 7.30. The fourth-order valence-electron chi connectivity index (χ4n) is 5.68. The molecule has 168 valence electrons. The molecular formula is C28H29N3O2. The molecule has 0 radical (unpaired) electrons. The smallest absolute Gasteiger partial charge is 0.223 e. The van der Waals surface area contributed by atoms with Gasteiger partial charge in [0.05, 0.1) is 17.6 Å². The van der Waals surface area contributed by atoms with Crippen LogP contribution in [0, 0.1) is 0 Å². The highest BCUT2D eigenvalue weighted by molar-refractivity contribution is 5.88. The summed E-state index contributed by atoms with van der Waals surface area (Å²) >= 11 is 0. The molecular weight excluding hydrogens is 410 g/mol. The molecule has 0 bridgehead atoms. The van der Waals surface area contributed by atoms with Gasteiger partial charge in [0.1, 0.15) is 18.2 Å². The van der Waals surface area contributed by atoms with Crippen LogP contribution in [0.5, 0.6) is 5.75 Å². The average molecular weight is 440 g/mol. The van der Waals surface area contributed by atoms with Crippen molar-refractivity contribution in [3.63, 3.8) is 0 Å². The molecule has 2 aliphatic rings. The number of aromatic nitrogens is 2. The second kappa shape index (κ2) is 8.54. The van der Waals surface area contributed by atoms with Crippen molar-refractivity contribution in [1.29, 1.82) is 0 Å². The van der Waals surface area contributed by atoms with E-state index in [-0.39, 0.29) is 11.8 Å². The molecule has 1 aliphatic carbocycles. The number of imidazole rings is 1. The van der Waals surface area contributed by atoms with E-state index in [0.717, 1.165) is 47.4 Å². The minimum Gasteiger partial charge on any atom is -0.491 e. The summed E-state index contributed by atoms with van der Waals surface area (Å²) in [5, 5.41) is 2.31. The lowest BCUT2D eigenvalue weighted by Gasteiger charge is -2.24. The van der Waals surface area contributed by atoms with Crippen molar-refractivity contribution in [3.05, 3.63) is 72.6 Å². The van der Waals surface area contributed by atoms with E-state index in [4.69, 9.17) is 9.72 Å². The molecule has 4 aromatic rings. The van der Waals surface area contributed by atoms with Gasteiger partial charge in [0.25, 0.3) is 0 Å². The number of para-hydroxylation sites is 2. The normalized spacial score (nSPS) is 19.2. The largest absolute Gasteiger partial charge is 0.491 e. The van der Waals surface area contributed by atoms with Gasteiger partial charge in [-0.1, -0.05) is 61.4 Å². The standard InChI is InChI=1S/C28H29N3O2/c32-27-18-21(19-31(27)22-10-2-3-11-22)28-29-24-13-5-6-14-25(24)30(28)16-17-33-26-15-7-9-20-8-1-4-12-23(20)26/h1,4-9,12-15,21-22H,2-3,10-11,16-19H2. The van der Waals surface area contributed by atoms with Crippen LogP contribution in [0.15, 0.2) is 66.7 Å². The second-order valence-corrected chi connectivity index (χ2v) is 9.32. The Hall–Kier alpha value is -3.34. The Bertz CT molecular complexity index is 1300. The van der Waals surface area contributed by atoms with Crippen molar-refractivity contribution in [1.82, 2.24) is 14.5 Å². The lowest BCUT2D eigenvalue weighted by Crippen LogP contribution is -2.34. The van der Waals surface area contributed by atoms with Gasteiger partial charge in [-0.15, -0.1) is 0 Å². The van der Waals surface area contributed by atoms with Crippen molar-refractivity contribution < 1.29 is 9.53 Å². The van der Waals surface area contributed by atoms with Crippen molar-refractivity contribution in [2.75, 3.05) is 13.2 Å². The predicted molar refractivity (Wildman–Crippen MR) is 131 cm³/mol. The monoisotopic (exact) mass is 439 g/mol. The third-order valence-corrected chi connectivity index (χ3v) is 7.30. The van der Waals surface area contributed by atoms with Gasteiger partial charge in [-0.3, -0.25) is 4.79 Å². The molecule has 33 heavy (non-hydrogen) atoms. The molecule has 6 rings (SSSR count). The Morgan fingerprint density at radius 1 is 0.939 bits per heavy atom. The van der Waals surface area contributed by atoms with Crippen LogP contribution in [0.25, 0.3) is 21.8 Å². The van der Waals surface area contributed by atoms with E-state index >= 15 is 0 Å². The summed E-state index contributed by atoms with van der Waals surface area (Å²) in [6.45, 7) is 2.04. The summed E-state index contributed by atoms with van der Waals surface area (Å²) in [7, 11) is 0. The van der Waals surface area contributed by atoms with Gasteiger partial charge in [-0.05, 0) is 36.4 Å². The number of fused-ring (bicyclic) bond motifs is 2. The molecule has 5 heteroatoms. The molecule has 1 atom stereocenters. The zero-order chi connectivity index (χ0) is 22.2. The Morgan fingerprint density at radius 3 is 2.64 bits per heavy atom. The molecule has 2 heterocycles. The number of rotatable bonds is 6. The van der Waals surface area contributed by atoms with Crippen LogP contribution in [0.4, 0.5) is 0 Å². The lowest BCUT2D eigenvalue weighted by atomic mass is 10.1. The summed E-state index contributed by atoms with van der Waals surface area (Å²) < 4.78 is 8.53.